The predicted octanol–water partition coefficient (Wildman–Crippen LogP) is 2.45. The summed E-state index contributed by atoms with van der Waals surface area (Å²) >= 11 is 0. The molecule has 2 amide bonds. The molecule has 1 aliphatic heterocycles. The highest BCUT2D eigenvalue weighted by molar-refractivity contribution is 6.45. The van der Waals surface area contributed by atoms with Gasteiger partial charge in [0.2, 0.25) is 0 Å². The summed E-state index contributed by atoms with van der Waals surface area (Å²) in [4.78, 5) is 59.8. The molecule has 0 unspecified atom stereocenters. The third kappa shape index (κ3) is 5.17. The second-order valence-electron chi connectivity index (χ2n) is 10.6. The number of ether oxygens (including phenoxy) is 1. The van der Waals surface area contributed by atoms with Crippen LogP contribution in [0.5, 0.6) is 5.75 Å². The molecule has 42 heavy (non-hydrogen) atoms. The van der Waals surface area contributed by atoms with Crippen molar-refractivity contribution in [3.05, 3.63) is 54.0 Å². The monoisotopic (exact) mass is 571 g/mol. The summed E-state index contributed by atoms with van der Waals surface area (Å²) in [6.45, 7) is 3.28. The zero-order valence-corrected chi connectivity index (χ0v) is 23.7. The Morgan fingerprint density at radius 3 is 2.50 bits per heavy atom. The number of Topliss-reactive ketones (excluding diaryl/α,β-unsaturated/α-hetero) is 1. The molecule has 4 aromatic rings. The van der Waals surface area contributed by atoms with Crippen LogP contribution in [0.2, 0.25) is 0 Å². The highest BCUT2D eigenvalue weighted by Crippen LogP contribution is 2.32. The van der Waals surface area contributed by atoms with Crippen LogP contribution < -0.4 is 15.0 Å². The SMILES string of the molecule is COc1cnc(-n2cnc(C)n2)c2[nH]cc(C(=O)C(=O)N3CCN(c4ncccc4C(=O)NC4CCCCC4)CC3)c12. The Bertz CT molecular complexity index is 1630. The van der Waals surface area contributed by atoms with Crippen LogP contribution in [0.1, 0.15) is 58.6 Å². The minimum absolute atomic E-state index is 0.123. The van der Waals surface area contributed by atoms with Crippen molar-refractivity contribution in [1.82, 2.24) is 39.9 Å². The van der Waals surface area contributed by atoms with Gasteiger partial charge in [-0.1, -0.05) is 19.3 Å². The molecule has 0 radical (unpaired) electrons. The van der Waals surface area contributed by atoms with Crippen molar-refractivity contribution in [2.24, 2.45) is 0 Å². The van der Waals surface area contributed by atoms with E-state index >= 15 is 0 Å². The highest BCUT2D eigenvalue weighted by atomic mass is 16.5. The molecule has 4 aromatic heterocycles. The Morgan fingerprint density at radius 1 is 1.00 bits per heavy atom. The van der Waals surface area contributed by atoms with E-state index in [2.05, 4.69) is 30.4 Å². The lowest BCUT2D eigenvalue weighted by Crippen LogP contribution is -2.51. The summed E-state index contributed by atoms with van der Waals surface area (Å²) in [6.07, 6.45) is 11.7. The van der Waals surface area contributed by atoms with E-state index in [1.54, 1.807) is 25.3 Å². The number of H-pyrrole nitrogens is 1. The average molecular weight is 572 g/mol. The lowest BCUT2D eigenvalue weighted by atomic mass is 9.95. The Morgan fingerprint density at radius 2 is 1.79 bits per heavy atom. The predicted molar refractivity (Wildman–Crippen MR) is 154 cm³/mol. The van der Waals surface area contributed by atoms with Gasteiger partial charge < -0.3 is 24.8 Å². The van der Waals surface area contributed by atoms with Crippen LogP contribution in [0.25, 0.3) is 16.7 Å². The van der Waals surface area contributed by atoms with Crippen LogP contribution in [0.4, 0.5) is 5.82 Å². The first-order chi connectivity index (χ1) is 20.4. The van der Waals surface area contributed by atoms with Crippen LogP contribution in [-0.2, 0) is 4.79 Å². The fourth-order valence-corrected chi connectivity index (χ4v) is 5.78. The number of nitrogens with one attached hydrogen (secondary N) is 2. The van der Waals surface area contributed by atoms with Crippen molar-refractivity contribution >= 4 is 34.3 Å². The van der Waals surface area contributed by atoms with Gasteiger partial charge in [-0.15, -0.1) is 0 Å². The molecule has 0 bridgehead atoms. The third-order valence-electron chi connectivity index (χ3n) is 7.97. The van der Waals surface area contributed by atoms with Gasteiger partial charge in [-0.25, -0.2) is 19.6 Å². The second-order valence-corrected chi connectivity index (χ2v) is 10.6. The van der Waals surface area contributed by atoms with E-state index in [1.165, 1.54) is 41.8 Å². The summed E-state index contributed by atoms with van der Waals surface area (Å²) < 4.78 is 6.99. The van der Waals surface area contributed by atoms with E-state index in [-0.39, 0.29) is 17.5 Å². The molecule has 1 saturated carbocycles. The van der Waals surface area contributed by atoms with Gasteiger partial charge in [0.05, 0.1) is 35.3 Å². The zero-order valence-electron chi connectivity index (χ0n) is 23.7. The molecular weight excluding hydrogens is 538 g/mol. The number of nitrogens with zero attached hydrogens (tertiary/aromatic N) is 7. The van der Waals surface area contributed by atoms with Crippen molar-refractivity contribution in [2.45, 2.75) is 45.1 Å². The molecule has 2 aliphatic rings. The lowest BCUT2D eigenvalue weighted by molar-refractivity contribution is -0.126. The number of aryl methyl sites for hydroxylation is 1. The number of methoxy groups -OCH3 is 1. The van der Waals surface area contributed by atoms with Crippen molar-refractivity contribution in [1.29, 1.82) is 0 Å². The van der Waals surface area contributed by atoms with Gasteiger partial charge in [0.1, 0.15) is 23.7 Å². The van der Waals surface area contributed by atoms with Crippen LogP contribution in [0.15, 0.2) is 37.1 Å². The third-order valence-corrected chi connectivity index (χ3v) is 7.97. The first-order valence-electron chi connectivity index (χ1n) is 14.2. The molecule has 1 aliphatic carbocycles. The minimum Gasteiger partial charge on any atom is -0.494 e. The molecule has 2 fully saturated rings. The van der Waals surface area contributed by atoms with E-state index < -0.39 is 11.7 Å². The molecule has 1 saturated heterocycles. The maximum Gasteiger partial charge on any atom is 0.295 e. The number of carbonyl (C=O) groups excluding carboxylic acids is 3. The Balaban J connectivity index is 1.17. The zero-order chi connectivity index (χ0) is 29.2. The summed E-state index contributed by atoms with van der Waals surface area (Å²) in [5, 5.41) is 7.94. The summed E-state index contributed by atoms with van der Waals surface area (Å²) in [5.41, 5.74) is 1.23. The summed E-state index contributed by atoms with van der Waals surface area (Å²) in [6, 6.07) is 3.74. The number of rotatable bonds is 7. The van der Waals surface area contributed by atoms with Crippen molar-refractivity contribution in [2.75, 3.05) is 38.2 Å². The Hall–Kier alpha value is -4.81. The van der Waals surface area contributed by atoms with Gasteiger partial charge in [-0.2, -0.15) is 5.10 Å². The number of piperazine rings is 1. The first kappa shape index (κ1) is 27.4. The van der Waals surface area contributed by atoms with E-state index in [4.69, 9.17) is 4.74 Å². The standard InChI is InChI=1S/C29H33N9O4/c1-18-33-17-38(35-18)27-24-23(22(42-2)16-32-27)21(15-31-24)25(39)29(41)37-13-11-36(12-14-37)26-20(9-6-10-30-26)28(40)34-19-7-4-3-5-8-19/h6,9-10,15-17,19,31H,3-5,7-8,11-14H2,1-2H3,(H,34,40). The van der Waals surface area contributed by atoms with Crippen molar-refractivity contribution in [3.8, 4) is 11.6 Å². The number of pyridine rings is 2. The van der Waals surface area contributed by atoms with Crippen LogP contribution in [0, 0.1) is 6.92 Å². The van der Waals surface area contributed by atoms with Gasteiger partial charge in [0.15, 0.2) is 5.82 Å². The average Bonchev–Trinajstić information content (AvgIpc) is 3.67. The van der Waals surface area contributed by atoms with Crippen LogP contribution in [0.3, 0.4) is 0 Å². The molecule has 13 nitrogen and oxygen atoms in total. The molecule has 6 rings (SSSR count). The number of amides is 2. The fourth-order valence-electron chi connectivity index (χ4n) is 5.78. The van der Waals surface area contributed by atoms with Gasteiger partial charge >= 0.3 is 0 Å². The lowest BCUT2D eigenvalue weighted by Gasteiger charge is -2.35. The number of ketones is 1. The molecular formula is C29H33N9O4. The minimum atomic E-state index is -0.648. The molecule has 0 spiro atoms. The van der Waals surface area contributed by atoms with Crippen molar-refractivity contribution < 1.29 is 19.1 Å². The molecule has 218 valence electrons. The Labute approximate surface area is 242 Å². The van der Waals surface area contributed by atoms with E-state index in [0.717, 1.165) is 25.7 Å². The normalized spacial score (nSPS) is 16.0. The molecule has 13 heteroatoms. The number of anilines is 1. The van der Waals surface area contributed by atoms with Crippen molar-refractivity contribution in [3.63, 3.8) is 0 Å². The highest BCUT2D eigenvalue weighted by Gasteiger charge is 2.31. The number of hydrogen-bond donors (Lipinski definition) is 2. The van der Waals surface area contributed by atoms with E-state index in [0.29, 0.717) is 65.9 Å². The largest absolute Gasteiger partial charge is 0.494 e. The number of hydrogen-bond acceptors (Lipinski definition) is 9. The molecule has 0 atom stereocenters. The molecule has 0 aromatic carbocycles. The maximum absolute atomic E-state index is 13.5. The van der Waals surface area contributed by atoms with Gasteiger partial charge in [-0.05, 0) is 31.9 Å². The number of fused-ring (bicyclic) bond motifs is 1. The maximum atomic E-state index is 13.5. The van der Waals surface area contributed by atoms with Gasteiger partial charge in [0.25, 0.3) is 17.6 Å². The smallest absolute Gasteiger partial charge is 0.295 e. The van der Waals surface area contributed by atoms with Gasteiger partial charge in [0, 0.05) is 44.6 Å². The number of aromatic amines is 1. The quantitative estimate of drug-likeness (QED) is 0.252. The summed E-state index contributed by atoms with van der Waals surface area (Å²) in [5.74, 6) is 0.581. The topological polar surface area (TPSA) is 151 Å². The van der Waals surface area contributed by atoms with E-state index in [1.807, 2.05) is 4.90 Å². The molecule has 2 N–H and O–H groups in total. The molecule has 5 heterocycles. The first-order valence-corrected chi connectivity index (χ1v) is 14.2. The Kier molecular flexibility index (Phi) is 7.55. The van der Waals surface area contributed by atoms with Crippen LogP contribution >= 0.6 is 0 Å². The number of aromatic nitrogens is 6. The summed E-state index contributed by atoms with van der Waals surface area (Å²) in [7, 11) is 1.49. The van der Waals surface area contributed by atoms with E-state index in [9.17, 15) is 14.4 Å². The van der Waals surface area contributed by atoms with Crippen LogP contribution in [-0.4, -0.2) is 91.5 Å². The fraction of sp³-hybridized carbons (Fsp3) is 0.414. The second kappa shape index (κ2) is 11.6. The number of carbonyl (C=O) groups is 3. The van der Waals surface area contributed by atoms with Gasteiger partial charge in [-0.3, -0.25) is 14.4 Å².